The molecule has 1 aromatic rings. The number of terminal acetylenes is 1. The molecule has 18 heavy (non-hydrogen) atoms. The summed E-state index contributed by atoms with van der Waals surface area (Å²) < 4.78 is 0. The Bertz CT molecular complexity index is 526. The molecule has 0 aliphatic rings. The van der Waals surface area contributed by atoms with Gasteiger partial charge in [-0.2, -0.15) is 5.26 Å². The van der Waals surface area contributed by atoms with Crippen molar-refractivity contribution in [3.63, 3.8) is 0 Å². The molecule has 0 aliphatic carbocycles. The van der Waals surface area contributed by atoms with Gasteiger partial charge in [0.05, 0.1) is 11.5 Å². The molecule has 1 aromatic carbocycles. The second-order valence-corrected chi connectivity index (χ2v) is 3.70. The fraction of sp³-hybridized carbons (Fsp3) is 0.308. The lowest BCUT2D eigenvalue weighted by Crippen LogP contribution is -2.24. The topological polar surface area (TPSA) is 70.2 Å². The lowest BCUT2D eigenvalue weighted by Gasteiger charge is -2.21. The highest BCUT2D eigenvalue weighted by molar-refractivity contribution is 5.60. The predicted molar refractivity (Wildman–Crippen MR) is 69.1 cm³/mol. The van der Waals surface area contributed by atoms with Crippen LogP contribution in [0.2, 0.25) is 0 Å². The second kappa shape index (κ2) is 6.27. The van der Waals surface area contributed by atoms with Gasteiger partial charge in [0.15, 0.2) is 0 Å². The SMILES string of the molecule is C#CCN(CCC)c1ccc(C#N)c([N+](=O)[O-])c1. The molecule has 0 radical (unpaired) electrons. The standard InChI is InChI=1S/C13H13N3O2/c1-3-7-15(8-4-2)12-6-5-11(10-14)13(9-12)16(17)18/h1,5-6,9H,4,7-8H2,2H3. The number of nitro benzene ring substituents is 1. The largest absolute Gasteiger partial charge is 0.360 e. The maximum atomic E-state index is 10.9. The molecule has 5 nitrogen and oxygen atoms in total. The van der Waals surface area contributed by atoms with Crippen LogP contribution in [0.4, 0.5) is 11.4 Å². The molecule has 0 saturated carbocycles. The van der Waals surface area contributed by atoms with E-state index in [1.807, 2.05) is 11.8 Å². The minimum Gasteiger partial charge on any atom is -0.360 e. The van der Waals surface area contributed by atoms with Gasteiger partial charge in [0.25, 0.3) is 5.69 Å². The molecular formula is C13H13N3O2. The molecule has 0 aromatic heterocycles. The quantitative estimate of drug-likeness (QED) is 0.452. The second-order valence-electron chi connectivity index (χ2n) is 3.70. The highest BCUT2D eigenvalue weighted by Gasteiger charge is 2.16. The van der Waals surface area contributed by atoms with Crippen molar-refractivity contribution in [2.45, 2.75) is 13.3 Å². The first-order chi connectivity index (χ1) is 8.63. The Morgan fingerprint density at radius 2 is 2.28 bits per heavy atom. The van der Waals surface area contributed by atoms with Crippen molar-refractivity contribution in [2.24, 2.45) is 0 Å². The fourth-order valence-corrected chi connectivity index (χ4v) is 1.64. The van der Waals surface area contributed by atoms with Crippen LogP contribution in [0.25, 0.3) is 0 Å². The van der Waals surface area contributed by atoms with E-state index >= 15 is 0 Å². The van der Waals surface area contributed by atoms with Gasteiger partial charge in [-0.3, -0.25) is 10.1 Å². The van der Waals surface area contributed by atoms with Crippen LogP contribution in [0.1, 0.15) is 18.9 Å². The molecule has 0 atom stereocenters. The number of rotatable bonds is 5. The molecule has 5 heteroatoms. The van der Waals surface area contributed by atoms with Crippen LogP contribution in [0.15, 0.2) is 18.2 Å². The van der Waals surface area contributed by atoms with E-state index in [-0.39, 0.29) is 11.3 Å². The summed E-state index contributed by atoms with van der Waals surface area (Å²) in [7, 11) is 0. The number of anilines is 1. The summed E-state index contributed by atoms with van der Waals surface area (Å²) in [6.45, 7) is 3.10. The normalized spacial score (nSPS) is 9.28. The Morgan fingerprint density at radius 1 is 1.56 bits per heavy atom. The minimum absolute atomic E-state index is 0.0564. The van der Waals surface area contributed by atoms with Gasteiger partial charge >= 0.3 is 0 Å². The molecule has 0 N–H and O–H groups in total. The lowest BCUT2D eigenvalue weighted by molar-refractivity contribution is -0.385. The van der Waals surface area contributed by atoms with Crippen LogP contribution in [0, 0.1) is 33.8 Å². The highest BCUT2D eigenvalue weighted by atomic mass is 16.6. The van der Waals surface area contributed by atoms with E-state index in [0.29, 0.717) is 18.8 Å². The van der Waals surface area contributed by atoms with Crippen molar-refractivity contribution in [1.82, 2.24) is 0 Å². The van der Waals surface area contributed by atoms with Gasteiger partial charge in [-0.05, 0) is 18.6 Å². The van der Waals surface area contributed by atoms with Crippen LogP contribution in [0.3, 0.4) is 0 Å². The van der Waals surface area contributed by atoms with Gasteiger partial charge in [0.2, 0.25) is 0 Å². The molecule has 0 unspecified atom stereocenters. The molecule has 0 amide bonds. The number of nitro groups is 1. The third-order valence-electron chi connectivity index (χ3n) is 2.44. The van der Waals surface area contributed by atoms with Gasteiger partial charge in [0, 0.05) is 18.3 Å². The maximum Gasteiger partial charge on any atom is 0.289 e. The van der Waals surface area contributed by atoms with Gasteiger partial charge in [-0.1, -0.05) is 12.8 Å². The van der Waals surface area contributed by atoms with Crippen LogP contribution in [-0.4, -0.2) is 18.0 Å². The van der Waals surface area contributed by atoms with E-state index in [4.69, 9.17) is 11.7 Å². The summed E-state index contributed by atoms with van der Waals surface area (Å²) in [5.74, 6) is 2.52. The van der Waals surface area contributed by atoms with E-state index in [0.717, 1.165) is 6.42 Å². The van der Waals surface area contributed by atoms with Crippen LogP contribution < -0.4 is 4.90 Å². The average molecular weight is 243 g/mol. The average Bonchev–Trinajstić information content (AvgIpc) is 2.37. The molecular weight excluding hydrogens is 230 g/mol. The van der Waals surface area contributed by atoms with Crippen molar-refractivity contribution >= 4 is 11.4 Å². The Morgan fingerprint density at radius 3 is 2.78 bits per heavy atom. The van der Waals surface area contributed by atoms with Gasteiger partial charge in [-0.25, -0.2) is 0 Å². The van der Waals surface area contributed by atoms with E-state index in [9.17, 15) is 10.1 Å². The van der Waals surface area contributed by atoms with E-state index < -0.39 is 4.92 Å². The number of hydrogen-bond acceptors (Lipinski definition) is 4. The molecule has 0 heterocycles. The third-order valence-corrected chi connectivity index (χ3v) is 2.44. The molecule has 0 spiro atoms. The molecule has 0 bridgehead atoms. The van der Waals surface area contributed by atoms with Crippen LogP contribution >= 0.6 is 0 Å². The Labute approximate surface area is 106 Å². The van der Waals surface area contributed by atoms with E-state index in [1.54, 1.807) is 12.1 Å². The molecule has 1 rings (SSSR count). The summed E-state index contributed by atoms with van der Waals surface area (Å²) in [5.41, 5.74) is 0.537. The Kier molecular flexibility index (Phi) is 4.71. The summed E-state index contributed by atoms with van der Waals surface area (Å²) in [6, 6.07) is 6.33. The predicted octanol–water partition coefficient (Wildman–Crippen LogP) is 2.32. The van der Waals surface area contributed by atoms with Crippen molar-refractivity contribution in [1.29, 1.82) is 5.26 Å². The molecule has 0 saturated heterocycles. The molecule has 92 valence electrons. The summed E-state index contributed by atoms with van der Waals surface area (Å²) >= 11 is 0. The summed E-state index contributed by atoms with van der Waals surface area (Å²) in [6.07, 6.45) is 6.16. The van der Waals surface area contributed by atoms with Crippen molar-refractivity contribution in [3.05, 3.63) is 33.9 Å². The van der Waals surface area contributed by atoms with Gasteiger partial charge < -0.3 is 4.90 Å². The number of nitrogens with zero attached hydrogens (tertiary/aromatic N) is 3. The maximum absolute atomic E-state index is 10.9. The minimum atomic E-state index is -0.554. The first kappa shape index (κ1) is 13.5. The van der Waals surface area contributed by atoms with Crippen LogP contribution in [-0.2, 0) is 0 Å². The van der Waals surface area contributed by atoms with Crippen molar-refractivity contribution in [3.8, 4) is 18.4 Å². The molecule has 0 aliphatic heterocycles. The van der Waals surface area contributed by atoms with E-state index in [1.165, 1.54) is 12.1 Å². The van der Waals surface area contributed by atoms with Gasteiger partial charge in [0.1, 0.15) is 11.6 Å². The first-order valence-corrected chi connectivity index (χ1v) is 5.51. The monoisotopic (exact) mass is 243 g/mol. The van der Waals surface area contributed by atoms with E-state index in [2.05, 4.69) is 5.92 Å². The number of benzene rings is 1. The van der Waals surface area contributed by atoms with Crippen LogP contribution in [0.5, 0.6) is 0 Å². The first-order valence-electron chi connectivity index (χ1n) is 5.51. The Balaban J connectivity index is 3.18. The fourth-order valence-electron chi connectivity index (χ4n) is 1.64. The number of nitriles is 1. The smallest absolute Gasteiger partial charge is 0.289 e. The zero-order valence-corrected chi connectivity index (χ0v) is 10.1. The number of hydrogen-bond donors (Lipinski definition) is 0. The zero-order chi connectivity index (χ0) is 13.5. The third kappa shape index (κ3) is 2.99. The summed E-state index contributed by atoms with van der Waals surface area (Å²) in [5, 5.41) is 19.7. The van der Waals surface area contributed by atoms with Crippen molar-refractivity contribution in [2.75, 3.05) is 18.0 Å². The molecule has 0 fully saturated rings. The summed E-state index contributed by atoms with van der Waals surface area (Å²) in [4.78, 5) is 12.2. The highest BCUT2D eigenvalue weighted by Crippen LogP contribution is 2.25. The van der Waals surface area contributed by atoms with Gasteiger partial charge in [-0.15, -0.1) is 6.42 Å². The Hall–Kier alpha value is -2.53. The zero-order valence-electron chi connectivity index (χ0n) is 10.1. The lowest BCUT2D eigenvalue weighted by atomic mass is 10.1. The van der Waals surface area contributed by atoms with Crippen molar-refractivity contribution < 1.29 is 4.92 Å².